The lowest BCUT2D eigenvalue weighted by atomic mass is 10.6. The molecule has 0 atom stereocenters. The van der Waals surface area contributed by atoms with Gasteiger partial charge in [-0.1, -0.05) is 12.2 Å². The summed E-state index contributed by atoms with van der Waals surface area (Å²) in [6, 6.07) is 0. The molecule has 0 aromatic carbocycles. The van der Waals surface area contributed by atoms with Gasteiger partial charge in [-0.05, 0) is 0 Å². The number of rotatable bonds is 8. The molecule has 4 N–H and O–H groups in total. The lowest BCUT2D eigenvalue weighted by molar-refractivity contribution is -0.136. The van der Waals surface area contributed by atoms with Crippen molar-refractivity contribution in [3.8, 4) is 0 Å². The summed E-state index contributed by atoms with van der Waals surface area (Å²) in [5.74, 6) is -1.68. The van der Waals surface area contributed by atoms with Crippen LogP contribution in [0.3, 0.4) is 0 Å². The van der Waals surface area contributed by atoms with E-state index in [-0.39, 0.29) is 13.1 Å². The Balaban J connectivity index is 0. The first-order chi connectivity index (χ1) is 7.54. The molecule has 0 fully saturated rings. The molecule has 0 aliphatic rings. The molecule has 0 aliphatic carbocycles. The van der Waals surface area contributed by atoms with Crippen LogP contribution in [0.25, 0.3) is 0 Å². The highest BCUT2D eigenvalue weighted by atomic mass is 16.4. The van der Waals surface area contributed by atoms with Crippen LogP contribution in [0.5, 0.6) is 0 Å². The first-order valence-electron chi connectivity index (χ1n) is 4.61. The number of nitrogens with one attached hydrogen (secondary N) is 2. The van der Waals surface area contributed by atoms with Crippen molar-refractivity contribution in [3.63, 3.8) is 0 Å². The second-order valence-corrected chi connectivity index (χ2v) is 2.63. The topological polar surface area (TPSA) is 98.7 Å². The fourth-order valence-corrected chi connectivity index (χ4v) is 0.562. The van der Waals surface area contributed by atoms with Crippen LogP contribution in [0.4, 0.5) is 0 Å². The molecule has 0 amide bonds. The third kappa shape index (κ3) is 22.8. The van der Waals surface area contributed by atoms with Crippen LogP contribution in [0.15, 0.2) is 25.3 Å². The Bertz CT molecular complexity index is 205. The van der Waals surface area contributed by atoms with Crippen LogP contribution in [0.2, 0.25) is 0 Å². The Labute approximate surface area is 94.7 Å². The van der Waals surface area contributed by atoms with Gasteiger partial charge < -0.3 is 20.8 Å². The van der Waals surface area contributed by atoms with Gasteiger partial charge in [0.05, 0.1) is 13.1 Å². The Hall–Kier alpha value is -1.66. The standard InChI is InChI=1S/2C5H9NO2/c2*1-2-3-6-4-5(7)8/h2*2,6H,1,3-4H2,(H,7,8). The number of carbonyl (C=O) groups is 2. The molecule has 0 heterocycles. The van der Waals surface area contributed by atoms with Crippen molar-refractivity contribution >= 4 is 11.9 Å². The van der Waals surface area contributed by atoms with E-state index in [2.05, 4.69) is 23.8 Å². The Kier molecular flexibility index (Phi) is 14.0. The predicted octanol–water partition coefficient (Wildman–Crippen LogP) is -0.307. The summed E-state index contributed by atoms with van der Waals surface area (Å²) in [4.78, 5) is 19.6. The lowest BCUT2D eigenvalue weighted by Crippen LogP contribution is -2.21. The minimum absolute atomic E-state index is 0.00597. The average molecular weight is 230 g/mol. The second kappa shape index (κ2) is 13.3. The second-order valence-electron chi connectivity index (χ2n) is 2.63. The van der Waals surface area contributed by atoms with Crippen LogP contribution in [-0.2, 0) is 9.59 Å². The third-order valence-corrected chi connectivity index (χ3v) is 1.13. The molecular weight excluding hydrogens is 212 g/mol. The van der Waals surface area contributed by atoms with Gasteiger partial charge in [0.1, 0.15) is 0 Å². The lowest BCUT2D eigenvalue weighted by Gasteiger charge is -1.91. The molecule has 0 aromatic heterocycles. The highest BCUT2D eigenvalue weighted by Gasteiger charge is 1.90. The summed E-state index contributed by atoms with van der Waals surface area (Å²) in [5.41, 5.74) is 0. The molecule has 0 unspecified atom stereocenters. The van der Waals surface area contributed by atoms with Crippen molar-refractivity contribution in [3.05, 3.63) is 25.3 Å². The normalized spacial score (nSPS) is 8.50. The number of hydrogen-bond donors (Lipinski definition) is 4. The fraction of sp³-hybridized carbons (Fsp3) is 0.400. The quantitative estimate of drug-likeness (QED) is 0.337. The van der Waals surface area contributed by atoms with Gasteiger partial charge in [0, 0.05) is 13.1 Å². The summed E-state index contributed by atoms with van der Waals surface area (Å²) in [6.07, 6.45) is 3.23. The maximum Gasteiger partial charge on any atom is 0.317 e. The van der Waals surface area contributed by atoms with Gasteiger partial charge in [-0.25, -0.2) is 0 Å². The smallest absolute Gasteiger partial charge is 0.317 e. The van der Waals surface area contributed by atoms with Gasteiger partial charge in [0.15, 0.2) is 0 Å². The number of carboxylic acids is 2. The molecule has 6 nitrogen and oxygen atoms in total. The van der Waals surface area contributed by atoms with Gasteiger partial charge in [0.2, 0.25) is 0 Å². The van der Waals surface area contributed by atoms with E-state index in [0.29, 0.717) is 13.1 Å². The summed E-state index contributed by atoms with van der Waals surface area (Å²) in [7, 11) is 0. The molecule has 0 saturated heterocycles. The maximum atomic E-state index is 9.78. The highest BCUT2D eigenvalue weighted by molar-refractivity contribution is 5.69. The van der Waals surface area contributed by atoms with Crippen LogP contribution in [-0.4, -0.2) is 48.3 Å². The van der Waals surface area contributed by atoms with Crippen molar-refractivity contribution < 1.29 is 19.8 Å². The fourth-order valence-electron chi connectivity index (χ4n) is 0.562. The minimum atomic E-state index is -0.841. The minimum Gasteiger partial charge on any atom is -0.480 e. The van der Waals surface area contributed by atoms with Crippen molar-refractivity contribution in [2.75, 3.05) is 26.2 Å². The van der Waals surface area contributed by atoms with E-state index in [1.54, 1.807) is 12.2 Å². The first kappa shape index (κ1) is 16.8. The molecule has 0 rings (SSSR count). The predicted molar refractivity (Wildman–Crippen MR) is 61.4 cm³/mol. The van der Waals surface area contributed by atoms with Gasteiger partial charge in [0.25, 0.3) is 0 Å². The third-order valence-electron chi connectivity index (χ3n) is 1.13. The summed E-state index contributed by atoms with van der Waals surface area (Å²) in [5, 5.41) is 21.3. The number of carboxylic acid groups (broad SMARTS) is 2. The molecule has 92 valence electrons. The monoisotopic (exact) mass is 230 g/mol. The van der Waals surface area contributed by atoms with Crippen LogP contribution in [0.1, 0.15) is 0 Å². The molecule has 0 aromatic rings. The van der Waals surface area contributed by atoms with E-state index < -0.39 is 11.9 Å². The summed E-state index contributed by atoms with van der Waals surface area (Å²) < 4.78 is 0. The Morgan fingerprint density at radius 3 is 1.44 bits per heavy atom. The zero-order valence-corrected chi connectivity index (χ0v) is 9.11. The van der Waals surface area contributed by atoms with Crippen molar-refractivity contribution in [2.45, 2.75) is 0 Å². The number of aliphatic carboxylic acids is 2. The zero-order chi connectivity index (χ0) is 12.8. The van der Waals surface area contributed by atoms with Crippen LogP contribution >= 0.6 is 0 Å². The van der Waals surface area contributed by atoms with Crippen LogP contribution in [0, 0.1) is 0 Å². The largest absolute Gasteiger partial charge is 0.480 e. The Morgan fingerprint density at radius 2 is 1.25 bits per heavy atom. The highest BCUT2D eigenvalue weighted by Crippen LogP contribution is 1.61. The van der Waals surface area contributed by atoms with E-state index in [0.717, 1.165) is 0 Å². The van der Waals surface area contributed by atoms with Crippen molar-refractivity contribution in [1.82, 2.24) is 10.6 Å². The van der Waals surface area contributed by atoms with Gasteiger partial charge >= 0.3 is 11.9 Å². The van der Waals surface area contributed by atoms with Crippen molar-refractivity contribution in [2.24, 2.45) is 0 Å². The zero-order valence-electron chi connectivity index (χ0n) is 9.11. The SMILES string of the molecule is C=CCNCC(=O)O.C=CCNCC(=O)O. The van der Waals surface area contributed by atoms with Crippen molar-refractivity contribution in [1.29, 1.82) is 0 Å². The molecule has 0 bridgehead atoms. The molecule has 0 spiro atoms. The van der Waals surface area contributed by atoms with Crippen LogP contribution < -0.4 is 10.6 Å². The van der Waals surface area contributed by atoms with E-state index in [4.69, 9.17) is 10.2 Å². The van der Waals surface area contributed by atoms with E-state index in [1.807, 2.05) is 0 Å². The first-order valence-corrected chi connectivity index (χ1v) is 4.61. The maximum absolute atomic E-state index is 9.78. The molecular formula is C10H18N2O4. The number of hydrogen-bond acceptors (Lipinski definition) is 4. The average Bonchev–Trinajstić information content (AvgIpc) is 2.18. The molecule has 0 radical (unpaired) electrons. The molecule has 0 aliphatic heterocycles. The van der Waals surface area contributed by atoms with Gasteiger partial charge in [-0.2, -0.15) is 0 Å². The van der Waals surface area contributed by atoms with Gasteiger partial charge in [-0.3, -0.25) is 9.59 Å². The van der Waals surface area contributed by atoms with Gasteiger partial charge in [-0.15, -0.1) is 13.2 Å². The van der Waals surface area contributed by atoms with E-state index in [1.165, 1.54) is 0 Å². The summed E-state index contributed by atoms with van der Waals surface area (Å²) >= 11 is 0. The van der Waals surface area contributed by atoms with E-state index >= 15 is 0 Å². The van der Waals surface area contributed by atoms with E-state index in [9.17, 15) is 9.59 Å². The molecule has 6 heteroatoms. The molecule has 0 saturated carbocycles. The summed E-state index contributed by atoms with van der Waals surface area (Å²) in [6.45, 7) is 7.91. The molecule has 16 heavy (non-hydrogen) atoms. The Morgan fingerprint density at radius 1 is 0.938 bits per heavy atom.